The van der Waals surface area contributed by atoms with E-state index in [-0.39, 0.29) is 17.9 Å². The highest BCUT2D eigenvalue weighted by atomic mass is 79.9. The van der Waals surface area contributed by atoms with Gasteiger partial charge in [-0.25, -0.2) is 0 Å². The molecule has 0 radical (unpaired) electrons. The first-order valence-corrected chi connectivity index (χ1v) is 6.59. The minimum Gasteiger partial charge on any atom is -0.349 e. The Balaban J connectivity index is 2.60. The number of rotatable bonds is 5. The molecule has 0 aliphatic rings. The maximum atomic E-state index is 11.8. The molecule has 0 saturated carbocycles. The number of nitrogens with two attached hydrogens (primary N) is 1. The Morgan fingerprint density at radius 3 is 2.76 bits per heavy atom. The molecular weight excluding hydrogens is 280 g/mol. The third-order valence-corrected chi connectivity index (χ3v) is 3.25. The van der Waals surface area contributed by atoms with Crippen LogP contribution in [0.15, 0.2) is 28.7 Å². The van der Waals surface area contributed by atoms with E-state index in [1.165, 1.54) is 0 Å². The predicted octanol–water partition coefficient (Wildman–Crippen LogP) is 2.61. The fourth-order valence-corrected chi connectivity index (χ4v) is 2.01. The van der Waals surface area contributed by atoms with Gasteiger partial charge in [-0.05, 0) is 37.6 Å². The fraction of sp³-hybridized carbons (Fsp3) is 0.462. The quantitative estimate of drug-likeness (QED) is 0.878. The fourth-order valence-electron chi connectivity index (χ4n) is 1.60. The lowest BCUT2D eigenvalue weighted by Gasteiger charge is -2.17. The van der Waals surface area contributed by atoms with E-state index in [1.807, 2.05) is 38.1 Å². The van der Waals surface area contributed by atoms with Gasteiger partial charge in [-0.3, -0.25) is 4.79 Å². The number of halogens is 1. The van der Waals surface area contributed by atoms with Crippen molar-refractivity contribution in [3.05, 3.63) is 34.3 Å². The average molecular weight is 299 g/mol. The van der Waals surface area contributed by atoms with E-state index in [9.17, 15) is 4.79 Å². The SMILES string of the molecule is CC(CCN)C(=O)N[C@H](C)c1cccc(Br)c1. The lowest BCUT2D eigenvalue weighted by Crippen LogP contribution is -2.32. The Bertz CT molecular complexity index is 381. The second-order valence-corrected chi connectivity index (χ2v) is 5.18. The Morgan fingerprint density at radius 2 is 2.18 bits per heavy atom. The number of carbonyl (C=O) groups excluding carboxylic acids is 1. The molecule has 0 aliphatic carbocycles. The van der Waals surface area contributed by atoms with Crippen LogP contribution in [0.4, 0.5) is 0 Å². The zero-order valence-electron chi connectivity index (χ0n) is 10.2. The summed E-state index contributed by atoms with van der Waals surface area (Å²) in [5.74, 6) is 0.0255. The van der Waals surface area contributed by atoms with Gasteiger partial charge in [-0.2, -0.15) is 0 Å². The van der Waals surface area contributed by atoms with Crippen LogP contribution in [0.3, 0.4) is 0 Å². The normalized spacial score (nSPS) is 14.1. The Kier molecular flexibility index (Phi) is 5.65. The second-order valence-electron chi connectivity index (χ2n) is 4.26. The highest BCUT2D eigenvalue weighted by Gasteiger charge is 2.15. The molecule has 1 aromatic rings. The first-order valence-electron chi connectivity index (χ1n) is 5.80. The zero-order chi connectivity index (χ0) is 12.8. The number of hydrogen-bond donors (Lipinski definition) is 2. The maximum Gasteiger partial charge on any atom is 0.223 e. The van der Waals surface area contributed by atoms with Crippen molar-refractivity contribution in [2.45, 2.75) is 26.3 Å². The Hall–Kier alpha value is -0.870. The van der Waals surface area contributed by atoms with Crippen molar-refractivity contribution in [1.82, 2.24) is 5.32 Å². The lowest BCUT2D eigenvalue weighted by atomic mass is 10.0. The van der Waals surface area contributed by atoms with Crippen molar-refractivity contribution in [2.24, 2.45) is 11.7 Å². The molecule has 0 bridgehead atoms. The predicted molar refractivity (Wildman–Crippen MR) is 73.5 cm³/mol. The smallest absolute Gasteiger partial charge is 0.223 e. The Morgan fingerprint density at radius 1 is 1.47 bits per heavy atom. The lowest BCUT2D eigenvalue weighted by molar-refractivity contribution is -0.125. The summed E-state index contributed by atoms with van der Waals surface area (Å²) in [6.45, 7) is 4.42. The molecule has 17 heavy (non-hydrogen) atoms. The van der Waals surface area contributed by atoms with Crippen molar-refractivity contribution in [1.29, 1.82) is 0 Å². The standard InChI is InChI=1S/C13H19BrN2O/c1-9(6-7-15)13(17)16-10(2)11-4-3-5-12(14)8-11/h3-5,8-10H,6-7,15H2,1-2H3,(H,16,17)/t9?,10-/m1/s1. The van der Waals surface area contributed by atoms with Crippen LogP contribution in [-0.2, 0) is 4.79 Å². The van der Waals surface area contributed by atoms with Crippen LogP contribution in [0, 0.1) is 5.92 Å². The molecule has 0 heterocycles. The van der Waals surface area contributed by atoms with E-state index >= 15 is 0 Å². The van der Waals surface area contributed by atoms with Crippen molar-refractivity contribution < 1.29 is 4.79 Å². The topological polar surface area (TPSA) is 55.1 Å². The second kappa shape index (κ2) is 6.77. The van der Waals surface area contributed by atoms with E-state index in [1.54, 1.807) is 0 Å². The first-order chi connectivity index (χ1) is 8.04. The number of carbonyl (C=O) groups is 1. The molecule has 2 atom stereocenters. The molecule has 0 spiro atoms. The van der Waals surface area contributed by atoms with Crippen LogP contribution in [0.25, 0.3) is 0 Å². The summed E-state index contributed by atoms with van der Waals surface area (Å²) >= 11 is 3.42. The summed E-state index contributed by atoms with van der Waals surface area (Å²) in [6, 6.07) is 7.96. The largest absolute Gasteiger partial charge is 0.349 e. The van der Waals surface area contributed by atoms with Gasteiger partial charge in [0.25, 0.3) is 0 Å². The number of nitrogens with one attached hydrogen (secondary N) is 1. The van der Waals surface area contributed by atoms with Gasteiger partial charge in [0.2, 0.25) is 5.91 Å². The van der Waals surface area contributed by atoms with Gasteiger partial charge >= 0.3 is 0 Å². The summed E-state index contributed by atoms with van der Waals surface area (Å²) in [7, 11) is 0. The minimum atomic E-state index is -0.0328. The summed E-state index contributed by atoms with van der Waals surface area (Å²) < 4.78 is 1.02. The third kappa shape index (κ3) is 4.48. The molecule has 0 aliphatic heterocycles. The molecule has 3 N–H and O–H groups in total. The third-order valence-electron chi connectivity index (χ3n) is 2.75. The summed E-state index contributed by atoms with van der Waals surface area (Å²) in [5.41, 5.74) is 6.53. The summed E-state index contributed by atoms with van der Waals surface area (Å²) in [6.07, 6.45) is 0.719. The molecule has 0 fully saturated rings. The highest BCUT2D eigenvalue weighted by molar-refractivity contribution is 9.10. The summed E-state index contributed by atoms with van der Waals surface area (Å²) in [4.78, 5) is 11.8. The van der Waals surface area contributed by atoms with Crippen LogP contribution in [-0.4, -0.2) is 12.5 Å². The summed E-state index contributed by atoms with van der Waals surface area (Å²) in [5, 5.41) is 2.99. The van der Waals surface area contributed by atoms with Crippen LogP contribution in [0.1, 0.15) is 31.9 Å². The zero-order valence-corrected chi connectivity index (χ0v) is 11.8. The van der Waals surface area contributed by atoms with E-state index in [0.29, 0.717) is 6.54 Å². The number of benzene rings is 1. The molecular formula is C13H19BrN2O. The van der Waals surface area contributed by atoms with Gasteiger partial charge in [0.1, 0.15) is 0 Å². The monoisotopic (exact) mass is 298 g/mol. The molecule has 1 amide bonds. The van der Waals surface area contributed by atoms with E-state index in [2.05, 4.69) is 21.2 Å². The molecule has 1 aromatic carbocycles. The van der Waals surface area contributed by atoms with Crippen molar-refractivity contribution in [3.63, 3.8) is 0 Å². The van der Waals surface area contributed by atoms with Crippen molar-refractivity contribution in [3.8, 4) is 0 Å². The van der Waals surface area contributed by atoms with Gasteiger partial charge in [-0.1, -0.05) is 35.0 Å². The van der Waals surface area contributed by atoms with E-state index in [4.69, 9.17) is 5.73 Å². The number of amides is 1. The molecule has 0 aromatic heterocycles. The van der Waals surface area contributed by atoms with Gasteiger partial charge < -0.3 is 11.1 Å². The van der Waals surface area contributed by atoms with E-state index in [0.717, 1.165) is 16.5 Å². The van der Waals surface area contributed by atoms with Gasteiger partial charge in [0.05, 0.1) is 6.04 Å². The first kappa shape index (κ1) is 14.2. The minimum absolute atomic E-state index is 0.0141. The van der Waals surface area contributed by atoms with Crippen molar-refractivity contribution in [2.75, 3.05) is 6.54 Å². The Labute approximate surface area is 111 Å². The molecule has 4 heteroatoms. The van der Waals surface area contributed by atoms with E-state index < -0.39 is 0 Å². The van der Waals surface area contributed by atoms with Gasteiger partial charge in [0, 0.05) is 10.4 Å². The van der Waals surface area contributed by atoms with Gasteiger partial charge in [0.15, 0.2) is 0 Å². The maximum absolute atomic E-state index is 11.8. The molecule has 0 saturated heterocycles. The highest BCUT2D eigenvalue weighted by Crippen LogP contribution is 2.18. The van der Waals surface area contributed by atoms with Gasteiger partial charge in [-0.15, -0.1) is 0 Å². The average Bonchev–Trinajstić information content (AvgIpc) is 2.29. The molecule has 3 nitrogen and oxygen atoms in total. The van der Waals surface area contributed by atoms with Crippen LogP contribution < -0.4 is 11.1 Å². The molecule has 1 rings (SSSR count). The van der Waals surface area contributed by atoms with Crippen LogP contribution in [0.5, 0.6) is 0 Å². The van der Waals surface area contributed by atoms with Crippen LogP contribution >= 0.6 is 15.9 Å². The number of hydrogen-bond acceptors (Lipinski definition) is 2. The molecule has 1 unspecified atom stereocenters. The molecule has 94 valence electrons. The van der Waals surface area contributed by atoms with Crippen molar-refractivity contribution >= 4 is 21.8 Å². The van der Waals surface area contributed by atoms with Crippen LogP contribution in [0.2, 0.25) is 0 Å².